The largest absolute Gasteiger partial charge is 0.455 e. The van der Waals surface area contributed by atoms with Crippen molar-refractivity contribution in [1.29, 1.82) is 0 Å². The lowest BCUT2D eigenvalue weighted by atomic mass is 9.98. The normalized spacial score (nSPS) is 18.6. The van der Waals surface area contributed by atoms with E-state index < -0.39 is 26.8 Å². The van der Waals surface area contributed by atoms with Crippen molar-refractivity contribution in [2.75, 3.05) is 19.7 Å². The molecule has 170 valence electrons. The van der Waals surface area contributed by atoms with Gasteiger partial charge in [-0.15, -0.1) is 0 Å². The van der Waals surface area contributed by atoms with E-state index in [2.05, 4.69) is 5.32 Å². The molecule has 0 radical (unpaired) electrons. The number of nitro benzene ring substituents is 1. The lowest BCUT2D eigenvalue weighted by Gasteiger charge is -2.30. The van der Waals surface area contributed by atoms with Gasteiger partial charge in [-0.1, -0.05) is 24.4 Å². The smallest absolute Gasteiger partial charge is 0.309 e. The van der Waals surface area contributed by atoms with E-state index in [1.165, 1.54) is 6.07 Å². The molecule has 31 heavy (non-hydrogen) atoms. The van der Waals surface area contributed by atoms with Crippen molar-refractivity contribution in [3.8, 4) is 0 Å². The summed E-state index contributed by atoms with van der Waals surface area (Å²) >= 11 is 5.97. The van der Waals surface area contributed by atoms with Crippen LogP contribution in [0, 0.1) is 16.0 Å². The highest BCUT2D eigenvalue weighted by Gasteiger charge is 2.34. The molecule has 10 nitrogen and oxygen atoms in total. The summed E-state index contributed by atoms with van der Waals surface area (Å²) < 4.78 is 32.0. The summed E-state index contributed by atoms with van der Waals surface area (Å²) in [6.07, 6.45) is 4.45. The summed E-state index contributed by atoms with van der Waals surface area (Å²) in [5.41, 5.74) is -0.377. The number of benzene rings is 1. The van der Waals surface area contributed by atoms with Crippen molar-refractivity contribution in [3.05, 3.63) is 33.3 Å². The zero-order valence-electron chi connectivity index (χ0n) is 16.8. The average Bonchev–Trinajstić information content (AvgIpc) is 3.25. The van der Waals surface area contributed by atoms with Crippen molar-refractivity contribution in [2.45, 2.75) is 49.5 Å². The first-order valence-electron chi connectivity index (χ1n) is 10.1. The van der Waals surface area contributed by atoms with Crippen LogP contribution in [0.4, 0.5) is 5.69 Å². The van der Waals surface area contributed by atoms with E-state index in [0.717, 1.165) is 42.1 Å². The lowest BCUT2D eigenvalue weighted by molar-refractivity contribution is -0.385. The zero-order valence-corrected chi connectivity index (χ0v) is 18.4. The molecule has 2 aliphatic rings. The number of esters is 1. The van der Waals surface area contributed by atoms with E-state index in [4.69, 9.17) is 16.3 Å². The van der Waals surface area contributed by atoms with E-state index in [1.54, 1.807) is 0 Å². The SMILES string of the molecule is O=C(COC(=O)C1CCN(S(=O)(=O)c2cc([N+](=O)[O-])ccc2Cl)CC1)NC1CCCC1. The van der Waals surface area contributed by atoms with E-state index in [9.17, 15) is 28.1 Å². The number of sulfonamides is 1. The predicted molar refractivity (Wildman–Crippen MR) is 111 cm³/mol. The van der Waals surface area contributed by atoms with Crippen LogP contribution >= 0.6 is 11.6 Å². The molecule has 1 saturated heterocycles. The number of rotatable bonds is 7. The van der Waals surface area contributed by atoms with Crippen LogP contribution in [0.2, 0.25) is 5.02 Å². The number of ether oxygens (including phenoxy) is 1. The van der Waals surface area contributed by atoms with Gasteiger partial charge in [-0.25, -0.2) is 8.42 Å². The Morgan fingerprint density at radius 1 is 1.19 bits per heavy atom. The fraction of sp³-hybridized carbons (Fsp3) is 0.579. The van der Waals surface area contributed by atoms with Crippen LogP contribution in [0.5, 0.6) is 0 Å². The Bertz CT molecular complexity index is 955. The number of hydrogen-bond acceptors (Lipinski definition) is 7. The fourth-order valence-corrected chi connectivity index (χ4v) is 5.83. The van der Waals surface area contributed by atoms with E-state index in [1.807, 2.05) is 0 Å². The number of halogens is 1. The first-order valence-corrected chi connectivity index (χ1v) is 11.9. The van der Waals surface area contributed by atoms with Crippen LogP contribution < -0.4 is 5.32 Å². The van der Waals surface area contributed by atoms with Gasteiger partial charge in [0, 0.05) is 31.3 Å². The third kappa shape index (κ3) is 5.72. The minimum Gasteiger partial charge on any atom is -0.455 e. The molecule has 1 aromatic carbocycles. The molecule has 0 bridgehead atoms. The summed E-state index contributed by atoms with van der Waals surface area (Å²) in [4.78, 5) is 34.1. The highest BCUT2D eigenvalue weighted by Crippen LogP contribution is 2.31. The molecule has 0 atom stereocenters. The van der Waals surface area contributed by atoms with Crippen molar-refractivity contribution < 1.29 is 27.7 Å². The third-order valence-corrected chi connectivity index (χ3v) is 7.98. The van der Waals surface area contributed by atoms with Crippen LogP contribution in [0.3, 0.4) is 0 Å². The van der Waals surface area contributed by atoms with Gasteiger partial charge in [0.2, 0.25) is 10.0 Å². The Labute approximate surface area is 185 Å². The van der Waals surface area contributed by atoms with Crippen LogP contribution in [-0.4, -0.2) is 55.3 Å². The molecule has 1 saturated carbocycles. The molecule has 0 unspecified atom stereocenters. The predicted octanol–water partition coefficient (Wildman–Crippen LogP) is 2.25. The average molecular weight is 474 g/mol. The number of nitrogens with one attached hydrogen (secondary N) is 1. The number of non-ortho nitro benzene ring substituents is 1. The Kier molecular flexibility index (Phi) is 7.50. The summed E-state index contributed by atoms with van der Waals surface area (Å²) in [6, 6.07) is 3.38. The molecule has 12 heteroatoms. The number of carbonyl (C=O) groups excluding carboxylic acids is 2. The van der Waals surface area contributed by atoms with E-state index in [0.29, 0.717) is 0 Å². The van der Waals surface area contributed by atoms with E-state index >= 15 is 0 Å². The number of nitro groups is 1. The Balaban J connectivity index is 1.53. The Morgan fingerprint density at radius 3 is 2.45 bits per heavy atom. The molecule has 1 aliphatic carbocycles. The summed E-state index contributed by atoms with van der Waals surface area (Å²) in [6.45, 7) is -0.276. The maximum atomic E-state index is 12.9. The van der Waals surface area contributed by atoms with Crippen LogP contribution in [-0.2, 0) is 24.3 Å². The Hall–Kier alpha value is -2.24. The van der Waals surface area contributed by atoms with Gasteiger partial charge < -0.3 is 10.1 Å². The molecule has 0 spiro atoms. The first kappa shape index (κ1) is 23.4. The first-order chi connectivity index (χ1) is 14.7. The molecule has 1 heterocycles. The van der Waals surface area contributed by atoms with Crippen molar-refractivity contribution in [1.82, 2.24) is 9.62 Å². The van der Waals surface area contributed by atoms with Gasteiger partial charge in [-0.3, -0.25) is 19.7 Å². The van der Waals surface area contributed by atoms with Crippen molar-refractivity contribution >= 4 is 39.2 Å². The maximum Gasteiger partial charge on any atom is 0.309 e. The zero-order chi connectivity index (χ0) is 22.6. The van der Waals surface area contributed by atoms with E-state index in [-0.39, 0.29) is 60.1 Å². The highest BCUT2D eigenvalue weighted by atomic mass is 35.5. The number of amides is 1. The second kappa shape index (κ2) is 9.92. The molecular formula is C19H24ClN3O7S. The summed E-state index contributed by atoms with van der Waals surface area (Å²) in [5.74, 6) is -1.39. The van der Waals surface area contributed by atoms with Gasteiger partial charge in [0.05, 0.1) is 15.9 Å². The number of piperidine rings is 1. The number of nitrogens with zero attached hydrogens (tertiary/aromatic N) is 2. The number of carbonyl (C=O) groups is 2. The van der Waals surface area contributed by atoms with Gasteiger partial charge in [0.25, 0.3) is 11.6 Å². The molecule has 1 aliphatic heterocycles. The second-order valence-corrected chi connectivity index (χ2v) is 10.0. The van der Waals surface area contributed by atoms with Gasteiger partial charge >= 0.3 is 5.97 Å². The molecule has 1 amide bonds. The molecular weight excluding hydrogens is 450 g/mol. The standard InChI is InChI=1S/C19H24ClN3O7S/c20-16-6-5-15(23(26)27)11-17(16)31(28,29)22-9-7-13(8-10-22)19(25)30-12-18(24)21-14-3-1-2-4-14/h5-6,11,13-14H,1-4,7-10,12H2,(H,21,24). The van der Waals surface area contributed by atoms with Crippen LogP contribution in [0.1, 0.15) is 38.5 Å². The van der Waals surface area contributed by atoms with Gasteiger partial charge in [-0.05, 0) is 31.7 Å². The van der Waals surface area contributed by atoms with Crippen molar-refractivity contribution in [2.24, 2.45) is 5.92 Å². The number of hydrogen-bond donors (Lipinski definition) is 1. The lowest BCUT2D eigenvalue weighted by Crippen LogP contribution is -2.41. The minimum absolute atomic E-state index is 0.0371. The molecule has 1 N–H and O–H groups in total. The molecule has 3 rings (SSSR count). The maximum absolute atomic E-state index is 12.9. The second-order valence-electron chi connectivity index (χ2n) is 7.71. The minimum atomic E-state index is -4.06. The molecule has 0 aromatic heterocycles. The van der Waals surface area contributed by atoms with Gasteiger partial charge in [0.15, 0.2) is 6.61 Å². The topological polar surface area (TPSA) is 136 Å². The third-order valence-electron chi connectivity index (χ3n) is 5.60. The van der Waals surface area contributed by atoms with Crippen LogP contribution in [0.25, 0.3) is 0 Å². The monoisotopic (exact) mass is 473 g/mol. The van der Waals surface area contributed by atoms with Crippen LogP contribution in [0.15, 0.2) is 23.1 Å². The quantitative estimate of drug-likeness (QED) is 0.364. The highest BCUT2D eigenvalue weighted by molar-refractivity contribution is 7.89. The van der Waals surface area contributed by atoms with Crippen molar-refractivity contribution in [3.63, 3.8) is 0 Å². The summed E-state index contributed by atoms with van der Waals surface area (Å²) in [7, 11) is -4.06. The summed E-state index contributed by atoms with van der Waals surface area (Å²) in [5, 5.41) is 13.7. The Morgan fingerprint density at radius 2 is 1.84 bits per heavy atom. The molecule has 2 fully saturated rings. The molecule has 1 aromatic rings. The van der Waals surface area contributed by atoms with Gasteiger partial charge in [0.1, 0.15) is 4.90 Å². The van der Waals surface area contributed by atoms with Gasteiger partial charge in [-0.2, -0.15) is 4.31 Å². The fourth-order valence-electron chi connectivity index (χ4n) is 3.87.